The molecule has 3 aliphatic rings. The van der Waals surface area contributed by atoms with Gasteiger partial charge in [-0.05, 0) is 6.42 Å². The first-order chi connectivity index (χ1) is 6.15. The maximum Gasteiger partial charge on any atom is 0.156 e. The molecule has 3 saturated heterocycles. The van der Waals surface area contributed by atoms with Crippen LogP contribution in [0, 0.1) is 0 Å². The Hall–Kier alpha value is -0.130. The summed E-state index contributed by atoms with van der Waals surface area (Å²) in [5.41, 5.74) is 0. The number of fused-ring (bicyclic) bond motifs is 2. The Morgan fingerprint density at radius 1 is 1.46 bits per heavy atom. The molecule has 0 aromatic rings. The van der Waals surface area contributed by atoms with Crippen molar-refractivity contribution >= 4 is 9.84 Å². The zero-order valence-electron chi connectivity index (χ0n) is 7.35. The molecule has 3 heterocycles. The molecule has 13 heavy (non-hydrogen) atoms. The molecule has 3 aliphatic heterocycles. The van der Waals surface area contributed by atoms with Crippen molar-refractivity contribution in [2.45, 2.75) is 23.8 Å². The maximum absolute atomic E-state index is 11.4. The van der Waals surface area contributed by atoms with Crippen molar-refractivity contribution in [1.82, 2.24) is 4.90 Å². The van der Waals surface area contributed by atoms with Crippen LogP contribution in [-0.4, -0.2) is 56.2 Å². The lowest BCUT2D eigenvalue weighted by molar-refractivity contribution is 0.235. The van der Waals surface area contributed by atoms with Crippen molar-refractivity contribution in [2.75, 3.05) is 25.4 Å². The second-order valence-electron chi connectivity index (χ2n) is 4.25. The van der Waals surface area contributed by atoms with Gasteiger partial charge in [0.15, 0.2) is 9.84 Å². The van der Waals surface area contributed by atoms with Gasteiger partial charge in [-0.15, -0.1) is 0 Å². The van der Waals surface area contributed by atoms with E-state index in [1.807, 2.05) is 0 Å². The van der Waals surface area contributed by atoms with Crippen molar-refractivity contribution in [3.8, 4) is 0 Å². The van der Waals surface area contributed by atoms with Crippen LogP contribution in [0.2, 0.25) is 0 Å². The van der Waals surface area contributed by atoms with E-state index in [-0.39, 0.29) is 5.25 Å². The van der Waals surface area contributed by atoms with Gasteiger partial charge in [0.05, 0.1) is 23.7 Å². The molecule has 3 rings (SSSR count). The molecule has 0 saturated carbocycles. The molecule has 74 valence electrons. The third-order valence-corrected chi connectivity index (χ3v) is 5.47. The average molecular weight is 203 g/mol. The summed E-state index contributed by atoms with van der Waals surface area (Å²) in [5, 5.41) is -0.0729. The maximum atomic E-state index is 11.4. The van der Waals surface area contributed by atoms with Crippen molar-refractivity contribution < 1.29 is 13.2 Å². The van der Waals surface area contributed by atoms with Gasteiger partial charge in [-0.3, -0.25) is 4.90 Å². The zero-order valence-corrected chi connectivity index (χ0v) is 8.16. The number of sulfone groups is 1. The van der Waals surface area contributed by atoms with Gasteiger partial charge in [0, 0.05) is 19.1 Å². The minimum atomic E-state index is -2.72. The number of ether oxygens (including phenoxy) is 1. The third kappa shape index (κ3) is 1.30. The zero-order chi connectivity index (χ0) is 9.05. The van der Waals surface area contributed by atoms with Crippen LogP contribution in [0.3, 0.4) is 0 Å². The van der Waals surface area contributed by atoms with Crippen molar-refractivity contribution in [3.63, 3.8) is 0 Å². The summed E-state index contributed by atoms with van der Waals surface area (Å²) in [6.07, 6.45) is 1.25. The number of hydrogen-bond acceptors (Lipinski definition) is 4. The molecule has 0 aromatic carbocycles. The molecule has 3 atom stereocenters. The van der Waals surface area contributed by atoms with Gasteiger partial charge in [-0.2, -0.15) is 0 Å². The van der Waals surface area contributed by atoms with Crippen LogP contribution in [0.15, 0.2) is 0 Å². The Kier molecular flexibility index (Phi) is 1.55. The van der Waals surface area contributed by atoms with E-state index in [0.29, 0.717) is 17.9 Å². The normalized spacial score (nSPS) is 46.9. The fourth-order valence-corrected chi connectivity index (χ4v) is 4.52. The highest BCUT2D eigenvalue weighted by Crippen LogP contribution is 2.33. The molecular formula is C8H13NO3S. The van der Waals surface area contributed by atoms with Crippen LogP contribution in [0.25, 0.3) is 0 Å². The summed E-state index contributed by atoms with van der Waals surface area (Å²) < 4.78 is 28.0. The van der Waals surface area contributed by atoms with Crippen LogP contribution >= 0.6 is 0 Å². The van der Waals surface area contributed by atoms with Gasteiger partial charge in [-0.1, -0.05) is 0 Å². The largest absolute Gasteiger partial charge is 0.372 e. The minimum Gasteiger partial charge on any atom is -0.372 e. The lowest BCUT2D eigenvalue weighted by Gasteiger charge is -2.25. The SMILES string of the molecule is O=S1(=O)CC2CC1CN2C[C@@H]1CO1. The predicted molar refractivity (Wildman–Crippen MR) is 47.3 cm³/mol. The molecule has 0 aromatic heterocycles. The second kappa shape index (κ2) is 2.46. The van der Waals surface area contributed by atoms with Crippen molar-refractivity contribution in [1.29, 1.82) is 0 Å². The van der Waals surface area contributed by atoms with Gasteiger partial charge in [0.1, 0.15) is 0 Å². The summed E-state index contributed by atoms with van der Waals surface area (Å²) in [7, 11) is -2.72. The average Bonchev–Trinajstić information content (AvgIpc) is 2.67. The smallest absolute Gasteiger partial charge is 0.156 e. The van der Waals surface area contributed by atoms with Crippen LogP contribution in [0.1, 0.15) is 6.42 Å². The van der Waals surface area contributed by atoms with E-state index in [9.17, 15) is 8.42 Å². The topological polar surface area (TPSA) is 49.9 Å². The highest BCUT2D eigenvalue weighted by Gasteiger charge is 2.49. The molecule has 3 fully saturated rings. The van der Waals surface area contributed by atoms with Gasteiger partial charge in [0.2, 0.25) is 0 Å². The number of hydrogen-bond donors (Lipinski definition) is 0. The Morgan fingerprint density at radius 2 is 2.23 bits per heavy atom. The molecule has 0 N–H and O–H groups in total. The molecular weight excluding hydrogens is 190 g/mol. The summed E-state index contributed by atoms with van der Waals surface area (Å²) in [6, 6.07) is 0.291. The van der Waals surface area contributed by atoms with E-state index in [0.717, 1.165) is 26.1 Å². The molecule has 0 amide bonds. The molecule has 2 bridgehead atoms. The van der Waals surface area contributed by atoms with E-state index in [1.54, 1.807) is 0 Å². The second-order valence-corrected chi connectivity index (χ2v) is 6.58. The van der Waals surface area contributed by atoms with Gasteiger partial charge in [-0.25, -0.2) is 8.42 Å². The molecule has 0 radical (unpaired) electrons. The molecule has 4 nitrogen and oxygen atoms in total. The number of nitrogens with zero attached hydrogens (tertiary/aromatic N) is 1. The first-order valence-electron chi connectivity index (χ1n) is 4.72. The van der Waals surface area contributed by atoms with E-state index >= 15 is 0 Å². The van der Waals surface area contributed by atoms with Crippen molar-refractivity contribution in [3.05, 3.63) is 0 Å². The van der Waals surface area contributed by atoms with Crippen LogP contribution in [0.4, 0.5) is 0 Å². The van der Waals surface area contributed by atoms with Crippen molar-refractivity contribution in [2.24, 2.45) is 0 Å². The monoisotopic (exact) mass is 203 g/mol. The quantitative estimate of drug-likeness (QED) is 0.554. The summed E-state index contributed by atoms with van der Waals surface area (Å²) in [6.45, 7) is 2.55. The third-order valence-electron chi connectivity index (χ3n) is 3.26. The van der Waals surface area contributed by atoms with E-state index in [2.05, 4.69) is 4.90 Å². The van der Waals surface area contributed by atoms with E-state index in [1.165, 1.54) is 0 Å². The summed E-state index contributed by atoms with van der Waals surface area (Å²) >= 11 is 0. The van der Waals surface area contributed by atoms with Crippen LogP contribution in [0.5, 0.6) is 0 Å². The fraction of sp³-hybridized carbons (Fsp3) is 1.00. The van der Waals surface area contributed by atoms with Gasteiger partial charge < -0.3 is 4.74 Å². The lowest BCUT2D eigenvalue weighted by atomic mass is 10.2. The fourth-order valence-electron chi connectivity index (χ4n) is 2.43. The standard InChI is InChI=1S/C8H13NO3S/c10-13(11)5-6-1-8(13)3-9(6)2-7-4-12-7/h6-8H,1-5H2/t6?,7-,8?/m1/s1. The minimum absolute atomic E-state index is 0.0729. The molecule has 2 unspecified atom stereocenters. The highest BCUT2D eigenvalue weighted by molar-refractivity contribution is 7.92. The number of likely N-dealkylation sites (tertiary alicyclic amines) is 1. The molecule has 5 heteroatoms. The van der Waals surface area contributed by atoms with Gasteiger partial charge in [0.25, 0.3) is 0 Å². The van der Waals surface area contributed by atoms with E-state index < -0.39 is 9.84 Å². The number of rotatable bonds is 2. The Bertz CT molecular complexity index is 322. The lowest BCUT2D eigenvalue weighted by Crippen LogP contribution is -2.42. The van der Waals surface area contributed by atoms with Gasteiger partial charge >= 0.3 is 0 Å². The first kappa shape index (κ1) is 8.20. The van der Waals surface area contributed by atoms with E-state index in [4.69, 9.17) is 4.74 Å². The predicted octanol–water partition coefficient (Wildman–Crippen LogP) is -0.743. The van der Waals surface area contributed by atoms with Crippen LogP contribution in [-0.2, 0) is 14.6 Å². The Labute approximate surface area is 77.8 Å². The summed E-state index contributed by atoms with van der Waals surface area (Å²) in [4.78, 5) is 2.28. The van der Waals surface area contributed by atoms with Crippen LogP contribution < -0.4 is 0 Å². The first-order valence-corrected chi connectivity index (χ1v) is 6.44. The summed E-state index contributed by atoms with van der Waals surface area (Å²) in [5.74, 6) is 0.379. The number of epoxide rings is 1. The Morgan fingerprint density at radius 3 is 2.69 bits per heavy atom. The highest BCUT2D eigenvalue weighted by atomic mass is 32.2. The Balaban J connectivity index is 1.71. The molecule has 0 aliphatic carbocycles. The molecule has 0 spiro atoms.